The first-order valence-electron chi connectivity index (χ1n) is 9.31. The van der Waals surface area contributed by atoms with Gasteiger partial charge in [0.1, 0.15) is 0 Å². The van der Waals surface area contributed by atoms with Gasteiger partial charge in [0.25, 0.3) is 0 Å². The fourth-order valence-electron chi connectivity index (χ4n) is 4.15. The van der Waals surface area contributed by atoms with Gasteiger partial charge in [0, 0.05) is 12.5 Å². The molecule has 1 heterocycles. The number of benzene rings is 2. The highest BCUT2D eigenvalue weighted by Gasteiger charge is 2.57. The first-order chi connectivity index (χ1) is 12.2. The molecule has 2 N–H and O–H groups in total. The molecule has 1 saturated heterocycles. The van der Waals surface area contributed by atoms with Crippen LogP contribution in [0.15, 0.2) is 48.5 Å². The van der Waals surface area contributed by atoms with Crippen LogP contribution in [0.5, 0.6) is 0 Å². The molecule has 4 rings (SSSR count). The van der Waals surface area contributed by atoms with Gasteiger partial charge >= 0.3 is 0 Å². The summed E-state index contributed by atoms with van der Waals surface area (Å²) < 4.78 is 0. The summed E-state index contributed by atoms with van der Waals surface area (Å²) in [6.45, 7) is 4.85. The van der Waals surface area contributed by atoms with Gasteiger partial charge in [-0.3, -0.25) is 4.79 Å². The van der Waals surface area contributed by atoms with Crippen molar-refractivity contribution in [2.45, 2.75) is 32.7 Å². The van der Waals surface area contributed by atoms with Crippen LogP contribution in [0, 0.1) is 18.3 Å². The SMILES string of the molecule is Cc1cccc(-c2ccc(CNC(=O)C3CC34CCNCC4)cc2)c1.Cl. The van der Waals surface area contributed by atoms with Crippen molar-refractivity contribution < 1.29 is 4.79 Å². The van der Waals surface area contributed by atoms with Gasteiger partial charge in [0.15, 0.2) is 0 Å². The largest absolute Gasteiger partial charge is 0.352 e. The highest BCUT2D eigenvalue weighted by molar-refractivity contribution is 5.85. The van der Waals surface area contributed by atoms with Gasteiger partial charge in [-0.25, -0.2) is 0 Å². The van der Waals surface area contributed by atoms with Crippen molar-refractivity contribution in [3.8, 4) is 11.1 Å². The molecular weight excluding hydrogens is 344 g/mol. The Kier molecular flexibility index (Phi) is 5.69. The highest BCUT2D eigenvalue weighted by Crippen LogP contribution is 2.58. The van der Waals surface area contributed by atoms with Crippen LogP contribution in [0.1, 0.15) is 30.4 Å². The second-order valence-electron chi connectivity index (χ2n) is 7.65. The number of piperidine rings is 1. The Morgan fingerprint density at radius 3 is 2.54 bits per heavy atom. The van der Waals surface area contributed by atoms with E-state index in [9.17, 15) is 4.79 Å². The van der Waals surface area contributed by atoms with E-state index in [1.807, 2.05) is 0 Å². The van der Waals surface area contributed by atoms with E-state index in [0.29, 0.717) is 12.0 Å². The molecule has 2 aromatic carbocycles. The Hall–Kier alpha value is -1.84. The Morgan fingerprint density at radius 2 is 1.85 bits per heavy atom. The third kappa shape index (κ3) is 3.94. The fraction of sp³-hybridized carbons (Fsp3) is 0.409. The van der Waals surface area contributed by atoms with Crippen molar-refractivity contribution in [1.29, 1.82) is 0 Å². The molecule has 1 spiro atoms. The Balaban J connectivity index is 0.00000196. The number of hydrogen-bond donors (Lipinski definition) is 2. The summed E-state index contributed by atoms with van der Waals surface area (Å²) in [4.78, 5) is 12.4. The molecule has 26 heavy (non-hydrogen) atoms. The van der Waals surface area contributed by atoms with Gasteiger partial charge < -0.3 is 10.6 Å². The van der Waals surface area contributed by atoms with Gasteiger partial charge in [0.2, 0.25) is 5.91 Å². The van der Waals surface area contributed by atoms with E-state index >= 15 is 0 Å². The number of halogens is 1. The van der Waals surface area contributed by atoms with Crippen LogP contribution in [0.2, 0.25) is 0 Å². The Morgan fingerprint density at radius 1 is 1.12 bits per heavy atom. The van der Waals surface area contributed by atoms with E-state index in [-0.39, 0.29) is 24.2 Å². The predicted molar refractivity (Wildman–Crippen MR) is 108 cm³/mol. The van der Waals surface area contributed by atoms with Crippen LogP contribution in [-0.4, -0.2) is 19.0 Å². The lowest BCUT2D eigenvalue weighted by Gasteiger charge is -2.23. The minimum absolute atomic E-state index is 0. The summed E-state index contributed by atoms with van der Waals surface area (Å²) in [6.07, 6.45) is 3.37. The zero-order valence-corrected chi connectivity index (χ0v) is 16.1. The zero-order chi connectivity index (χ0) is 17.3. The lowest BCUT2D eigenvalue weighted by molar-refractivity contribution is -0.123. The normalized spacial score (nSPS) is 20.3. The first kappa shape index (κ1) is 18.9. The molecule has 1 aliphatic heterocycles. The van der Waals surface area contributed by atoms with Gasteiger partial charge in [-0.2, -0.15) is 0 Å². The Bertz CT molecular complexity index is 766. The van der Waals surface area contributed by atoms with E-state index in [0.717, 1.165) is 37.9 Å². The van der Waals surface area contributed by atoms with Crippen LogP contribution >= 0.6 is 12.4 Å². The summed E-state index contributed by atoms with van der Waals surface area (Å²) in [6, 6.07) is 17.0. The summed E-state index contributed by atoms with van der Waals surface area (Å²) in [5.74, 6) is 0.478. The van der Waals surface area contributed by atoms with Gasteiger partial charge in [0.05, 0.1) is 0 Å². The van der Waals surface area contributed by atoms with Crippen molar-refractivity contribution in [3.63, 3.8) is 0 Å². The smallest absolute Gasteiger partial charge is 0.223 e. The third-order valence-corrected chi connectivity index (χ3v) is 5.88. The van der Waals surface area contributed by atoms with Crippen molar-refractivity contribution in [3.05, 3.63) is 59.7 Å². The molecule has 0 bridgehead atoms. The molecule has 1 aliphatic carbocycles. The number of amides is 1. The average Bonchev–Trinajstić information content (AvgIpc) is 3.33. The molecule has 0 aromatic heterocycles. The number of carbonyl (C=O) groups excluding carboxylic acids is 1. The molecule has 2 aromatic rings. The van der Waals surface area contributed by atoms with E-state index in [1.54, 1.807) is 0 Å². The minimum Gasteiger partial charge on any atom is -0.352 e. The van der Waals surface area contributed by atoms with Gasteiger partial charge in [-0.15, -0.1) is 12.4 Å². The second kappa shape index (κ2) is 7.81. The maximum Gasteiger partial charge on any atom is 0.223 e. The Labute approximate surface area is 162 Å². The second-order valence-corrected chi connectivity index (χ2v) is 7.65. The minimum atomic E-state index is 0. The van der Waals surface area contributed by atoms with Gasteiger partial charge in [-0.1, -0.05) is 54.1 Å². The molecule has 1 unspecified atom stereocenters. The van der Waals surface area contributed by atoms with E-state index in [1.165, 1.54) is 16.7 Å². The molecule has 3 nitrogen and oxygen atoms in total. The summed E-state index contributed by atoms with van der Waals surface area (Å²) in [5.41, 5.74) is 5.19. The lowest BCUT2D eigenvalue weighted by Crippen LogP contribution is -2.33. The first-order valence-corrected chi connectivity index (χ1v) is 9.31. The van der Waals surface area contributed by atoms with Crippen molar-refractivity contribution >= 4 is 18.3 Å². The molecule has 4 heteroatoms. The lowest BCUT2D eigenvalue weighted by atomic mass is 9.92. The molecule has 138 valence electrons. The van der Waals surface area contributed by atoms with Crippen molar-refractivity contribution in [1.82, 2.24) is 10.6 Å². The van der Waals surface area contributed by atoms with E-state index in [4.69, 9.17) is 0 Å². The van der Waals surface area contributed by atoms with E-state index in [2.05, 4.69) is 66.1 Å². The number of hydrogen-bond acceptors (Lipinski definition) is 2. The molecule has 2 fully saturated rings. The molecule has 2 aliphatic rings. The van der Waals surface area contributed by atoms with Crippen LogP contribution in [0.3, 0.4) is 0 Å². The van der Waals surface area contributed by atoms with Crippen LogP contribution in [0.4, 0.5) is 0 Å². The van der Waals surface area contributed by atoms with Gasteiger partial charge in [-0.05, 0) is 61.4 Å². The number of rotatable bonds is 4. The summed E-state index contributed by atoms with van der Waals surface area (Å²) in [7, 11) is 0. The average molecular weight is 371 g/mol. The molecular formula is C22H27ClN2O. The van der Waals surface area contributed by atoms with Crippen molar-refractivity contribution in [2.75, 3.05) is 13.1 Å². The van der Waals surface area contributed by atoms with Crippen molar-refractivity contribution in [2.24, 2.45) is 11.3 Å². The van der Waals surface area contributed by atoms with E-state index < -0.39 is 0 Å². The number of carbonyl (C=O) groups is 1. The summed E-state index contributed by atoms with van der Waals surface area (Å²) in [5, 5.41) is 6.53. The maximum absolute atomic E-state index is 12.4. The maximum atomic E-state index is 12.4. The molecule has 1 saturated carbocycles. The fourth-order valence-corrected chi connectivity index (χ4v) is 4.15. The third-order valence-electron chi connectivity index (χ3n) is 5.88. The summed E-state index contributed by atoms with van der Waals surface area (Å²) >= 11 is 0. The topological polar surface area (TPSA) is 41.1 Å². The predicted octanol–water partition coefficient (Wildman–Crippen LogP) is 4.09. The quantitative estimate of drug-likeness (QED) is 0.851. The van der Waals surface area contributed by atoms with Crippen LogP contribution in [-0.2, 0) is 11.3 Å². The number of nitrogens with one attached hydrogen (secondary N) is 2. The molecule has 1 atom stereocenters. The standard InChI is InChI=1S/C22H26N2O.ClH/c1-16-3-2-4-19(13-16)18-7-5-17(6-8-18)15-24-21(25)20-14-22(20)9-11-23-12-10-22;/h2-8,13,20,23H,9-12,14-15H2,1H3,(H,24,25);1H. The van der Waals surface area contributed by atoms with Crippen LogP contribution < -0.4 is 10.6 Å². The monoisotopic (exact) mass is 370 g/mol. The number of aryl methyl sites for hydroxylation is 1. The molecule has 0 radical (unpaired) electrons. The highest BCUT2D eigenvalue weighted by atomic mass is 35.5. The van der Waals surface area contributed by atoms with Crippen LogP contribution in [0.25, 0.3) is 11.1 Å². The zero-order valence-electron chi connectivity index (χ0n) is 15.3. The molecule has 1 amide bonds.